The van der Waals surface area contributed by atoms with Crippen LogP contribution in [0.3, 0.4) is 0 Å². The van der Waals surface area contributed by atoms with Crippen molar-refractivity contribution in [2.24, 2.45) is 0 Å². The molecule has 0 saturated carbocycles. The van der Waals surface area contributed by atoms with Gasteiger partial charge in [-0.05, 0) is 20.3 Å². The number of hydrogen-bond donors (Lipinski definition) is 2. The molecule has 0 spiro atoms. The molecule has 2 rings (SSSR count). The third kappa shape index (κ3) is 3.20. The summed E-state index contributed by atoms with van der Waals surface area (Å²) < 4.78 is 22.5. The number of hydrogen-bond acceptors (Lipinski definition) is 5. The van der Waals surface area contributed by atoms with Crippen molar-refractivity contribution in [3.63, 3.8) is 0 Å². The molecule has 1 fully saturated rings. The van der Waals surface area contributed by atoms with E-state index in [0.717, 1.165) is 10.6 Å². The van der Waals surface area contributed by atoms with Crippen molar-refractivity contribution in [2.45, 2.75) is 26.3 Å². The second-order valence-corrected chi connectivity index (χ2v) is 7.79. The van der Waals surface area contributed by atoms with Crippen LogP contribution in [0.1, 0.15) is 17.0 Å². The van der Waals surface area contributed by atoms with Crippen molar-refractivity contribution in [1.82, 2.24) is 10.3 Å². The van der Waals surface area contributed by atoms with Crippen molar-refractivity contribution in [3.05, 3.63) is 10.6 Å². The number of nitrogens with zero attached hydrogens (tertiary/aromatic N) is 1. The van der Waals surface area contributed by atoms with Crippen LogP contribution in [0.5, 0.6) is 0 Å². The zero-order valence-corrected chi connectivity index (χ0v) is 11.8. The summed E-state index contributed by atoms with van der Waals surface area (Å²) in [6.07, 6.45) is 0.478. The molecule has 18 heavy (non-hydrogen) atoms. The van der Waals surface area contributed by atoms with Gasteiger partial charge in [-0.25, -0.2) is 18.2 Å². The number of rotatable bonds is 2. The van der Waals surface area contributed by atoms with E-state index in [4.69, 9.17) is 0 Å². The number of urea groups is 1. The van der Waals surface area contributed by atoms with Gasteiger partial charge in [0.25, 0.3) is 0 Å². The Morgan fingerprint density at radius 3 is 2.67 bits per heavy atom. The highest BCUT2D eigenvalue weighted by atomic mass is 32.2. The summed E-state index contributed by atoms with van der Waals surface area (Å²) in [4.78, 5) is 16.9. The topological polar surface area (TPSA) is 88.2 Å². The molecular weight excluding hydrogens is 274 g/mol. The maximum absolute atomic E-state index is 11.6. The van der Waals surface area contributed by atoms with Crippen LogP contribution in [0.25, 0.3) is 0 Å². The van der Waals surface area contributed by atoms with Gasteiger partial charge in [-0.3, -0.25) is 5.32 Å². The number of aromatic nitrogens is 1. The van der Waals surface area contributed by atoms with E-state index in [0.29, 0.717) is 11.6 Å². The van der Waals surface area contributed by atoms with Gasteiger partial charge >= 0.3 is 6.03 Å². The molecule has 0 radical (unpaired) electrons. The number of thiazole rings is 1. The van der Waals surface area contributed by atoms with E-state index in [1.54, 1.807) is 0 Å². The highest BCUT2D eigenvalue weighted by Crippen LogP contribution is 2.21. The van der Waals surface area contributed by atoms with Crippen LogP contribution in [0.15, 0.2) is 0 Å². The van der Waals surface area contributed by atoms with E-state index < -0.39 is 15.9 Å². The summed E-state index contributed by atoms with van der Waals surface area (Å²) in [6.45, 7) is 3.80. The largest absolute Gasteiger partial charge is 0.334 e. The normalized spacial score (nSPS) is 21.8. The van der Waals surface area contributed by atoms with Crippen LogP contribution in [-0.2, 0) is 9.84 Å². The number of nitrogens with one attached hydrogen (secondary N) is 2. The van der Waals surface area contributed by atoms with E-state index >= 15 is 0 Å². The van der Waals surface area contributed by atoms with Gasteiger partial charge in [0, 0.05) is 10.9 Å². The lowest BCUT2D eigenvalue weighted by atomic mass is 10.3. The fraction of sp³-hybridized carbons (Fsp3) is 0.600. The third-order valence-corrected chi connectivity index (χ3v) is 5.57. The highest BCUT2D eigenvalue weighted by Gasteiger charge is 2.29. The van der Waals surface area contributed by atoms with E-state index in [-0.39, 0.29) is 17.5 Å². The molecule has 1 aliphatic rings. The van der Waals surface area contributed by atoms with Crippen LogP contribution < -0.4 is 10.6 Å². The first kappa shape index (κ1) is 13.3. The lowest BCUT2D eigenvalue weighted by molar-refractivity contribution is 0.249. The molecule has 100 valence electrons. The van der Waals surface area contributed by atoms with Crippen molar-refractivity contribution >= 4 is 32.3 Å². The van der Waals surface area contributed by atoms with Crippen molar-refractivity contribution in [2.75, 3.05) is 16.8 Å². The Morgan fingerprint density at radius 1 is 1.44 bits per heavy atom. The molecule has 1 saturated heterocycles. The van der Waals surface area contributed by atoms with Gasteiger partial charge < -0.3 is 5.32 Å². The summed E-state index contributed by atoms with van der Waals surface area (Å²) in [6, 6.07) is -0.692. The summed E-state index contributed by atoms with van der Waals surface area (Å²) in [5, 5.41) is 5.80. The zero-order chi connectivity index (χ0) is 13.3. The van der Waals surface area contributed by atoms with Gasteiger partial charge in [0.1, 0.15) is 0 Å². The van der Waals surface area contributed by atoms with E-state index in [1.807, 2.05) is 13.8 Å². The Hall–Kier alpha value is -1.15. The molecule has 1 atom stereocenters. The molecule has 2 N–H and O–H groups in total. The quantitative estimate of drug-likeness (QED) is 0.852. The van der Waals surface area contributed by atoms with Gasteiger partial charge in [-0.15, -0.1) is 11.3 Å². The van der Waals surface area contributed by atoms with E-state index in [2.05, 4.69) is 15.6 Å². The smallest absolute Gasteiger partial charge is 0.321 e. The summed E-state index contributed by atoms with van der Waals surface area (Å²) in [5.41, 5.74) is 0.888. The molecular formula is C10H15N3O3S2. The van der Waals surface area contributed by atoms with Gasteiger partial charge in [-0.1, -0.05) is 0 Å². The van der Waals surface area contributed by atoms with Crippen LogP contribution >= 0.6 is 11.3 Å². The first-order valence-electron chi connectivity index (χ1n) is 5.58. The number of aryl methyl sites for hydroxylation is 2. The number of sulfone groups is 1. The lowest BCUT2D eigenvalue weighted by Gasteiger charge is -2.10. The Balaban J connectivity index is 1.90. The lowest BCUT2D eigenvalue weighted by Crippen LogP contribution is -2.38. The van der Waals surface area contributed by atoms with Gasteiger partial charge in [0.2, 0.25) is 0 Å². The molecule has 2 heterocycles. The van der Waals surface area contributed by atoms with E-state index in [1.165, 1.54) is 11.3 Å². The molecule has 1 aromatic heterocycles. The maximum atomic E-state index is 11.6. The number of amides is 2. The molecule has 0 aliphatic carbocycles. The summed E-state index contributed by atoms with van der Waals surface area (Å²) in [5.74, 6) is 0.170. The van der Waals surface area contributed by atoms with E-state index in [9.17, 15) is 13.2 Å². The second-order valence-electron chi connectivity index (χ2n) is 4.36. The minimum absolute atomic E-state index is 0.0242. The van der Waals surface area contributed by atoms with Crippen LogP contribution in [0.4, 0.5) is 9.93 Å². The van der Waals surface area contributed by atoms with Crippen LogP contribution in [-0.4, -0.2) is 37.0 Å². The Labute approximate surface area is 110 Å². The predicted molar refractivity (Wildman–Crippen MR) is 70.8 cm³/mol. The Morgan fingerprint density at radius 2 is 2.17 bits per heavy atom. The average Bonchev–Trinajstić information content (AvgIpc) is 2.71. The third-order valence-electron chi connectivity index (χ3n) is 2.82. The number of carbonyl (C=O) groups is 1. The second kappa shape index (κ2) is 4.85. The molecule has 2 amide bonds. The highest BCUT2D eigenvalue weighted by molar-refractivity contribution is 7.91. The van der Waals surface area contributed by atoms with Gasteiger partial charge in [0.15, 0.2) is 15.0 Å². The SMILES string of the molecule is Cc1nc(NC(=O)N[C@@H]2CCS(=O)(=O)C2)sc1C. The minimum atomic E-state index is -2.97. The zero-order valence-electron chi connectivity index (χ0n) is 10.2. The van der Waals surface area contributed by atoms with Crippen molar-refractivity contribution in [3.8, 4) is 0 Å². The number of carbonyl (C=O) groups excluding carboxylic acids is 1. The van der Waals surface area contributed by atoms with Gasteiger partial charge in [-0.2, -0.15) is 0 Å². The Kier molecular flexibility index (Phi) is 3.58. The first-order valence-corrected chi connectivity index (χ1v) is 8.21. The molecule has 1 aromatic rings. The molecule has 0 bridgehead atoms. The predicted octanol–water partition coefficient (Wildman–Crippen LogP) is 1.07. The summed E-state index contributed by atoms with van der Waals surface area (Å²) >= 11 is 1.40. The fourth-order valence-electron chi connectivity index (χ4n) is 1.75. The molecule has 0 aromatic carbocycles. The van der Waals surface area contributed by atoms with Crippen LogP contribution in [0, 0.1) is 13.8 Å². The Bertz CT molecular complexity index is 545. The molecule has 1 aliphatic heterocycles. The monoisotopic (exact) mass is 289 g/mol. The fourth-order valence-corrected chi connectivity index (χ4v) is 4.24. The summed E-state index contributed by atoms with van der Waals surface area (Å²) in [7, 11) is -2.97. The first-order chi connectivity index (χ1) is 8.35. The number of anilines is 1. The average molecular weight is 289 g/mol. The molecule has 8 heteroatoms. The standard InChI is InChI=1S/C10H15N3O3S2/c1-6-7(2)17-10(11-6)13-9(14)12-8-3-4-18(15,16)5-8/h8H,3-5H2,1-2H3,(H2,11,12,13,14)/t8-/m1/s1. The maximum Gasteiger partial charge on any atom is 0.321 e. The molecule has 6 nitrogen and oxygen atoms in total. The molecule has 0 unspecified atom stereocenters. The van der Waals surface area contributed by atoms with Crippen LogP contribution in [0.2, 0.25) is 0 Å². The van der Waals surface area contributed by atoms with Crippen molar-refractivity contribution in [1.29, 1.82) is 0 Å². The van der Waals surface area contributed by atoms with Crippen molar-refractivity contribution < 1.29 is 13.2 Å². The van der Waals surface area contributed by atoms with Gasteiger partial charge in [0.05, 0.1) is 17.2 Å². The minimum Gasteiger partial charge on any atom is -0.334 e.